The van der Waals surface area contributed by atoms with E-state index in [4.69, 9.17) is 0 Å². The van der Waals surface area contributed by atoms with Crippen LogP contribution in [-0.2, 0) is 0 Å². The van der Waals surface area contributed by atoms with Gasteiger partial charge in [-0.2, -0.15) is 0 Å². The predicted molar refractivity (Wildman–Crippen MR) is 66.3 cm³/mol. The van der Waals surface area contributed by atoms with Crippen molar-refractivity contribution in [3.63, 3.8) is 0 Å². The van der Waals surface area contributed by atoms with E-state index in [0.717, 1.165) is 16.6 Å². The van der Waals surface area contributed by atoms with Gasteiger partial charge in [0.2, 0.25) is 0 Å². The van der Waals surface area contributed by atoms with Crippen LogP contribution in [0.2, 0.25) is 0 Å². The number of nitrogens with one attached hydrogen (secondary N) is 1. The molecule has 0 amide bonds. The van der Waals surface area contributed by atoms with E-state index in [2.05, 4.69) is 26.2 Å². The molecule has 17 heavy (non-hydrogen) atoms. The third kappa shape index (κ3) is 2.79. The van der Waals surface area contributed by atoms with Crippen molar-refractivity contribution >= 4 is 27.4 Å². The largest absolute Gasteiger partial charge is 0.338 e. The Bertz CT molecular complexity index is 541. The van der Waals surface area contributed by atoms with Gasteiger partial charge >= 0.3 is 0 Å². The average molecular weight is 299 g/mol. The first-order valence-electron chi connectivity index (χ1n) is 4.90. The Kier molecular flexibility index (Phi) is 3.38. The van der Waals surface area contributed by atoms with Gasteiger partial charge in [0.25, 0.3) is 0 Å². The molecular formula is C12H9BrF2N2. The lowest BCUT2D eigenvalue weighted by atomic mass is 10.2. The fourth-order valence-corrected chi connectivity index (χ4v) is 1.56. The van der Waals surface area contributed by atoms with Crippen LogP contribution in [0, 0.1) is 18.6 Å². The number of aryl methyl sites for hydroxylation is 1. The Morgan fingerprint density at radius 1 is 1.18 bits per heavy atom. The molecule has 0 atom stereocenters. The Balaban J connectivity index is 2.30. The fourth-order valence-electron chi connectivity index (χ4n) is 1.33. The molecule has 1 heterocycles. The minimum Gasteiger partial charge on any atom is -0.338 e. The Morgan fingerprint density at radius 3 is 2.59 bits per heavy atom. The number of nitrogens with zero attached hydrogens (tertiary/aromatic N) is 1. The van der Waals surface area contributed by atoms with Crippen LogP contribution in [0.1, 0.15) is 5.56 Å². The summed E-state index contributed by atoms with van der Waals surface area (Å²) < 4.78 is 27.6. The van der Waals surface area contributed by atoms with Crippen molar-refractivity contribution in [3.8, 4) is 0 Å². The second-order valence-electron chi connectivity index (χ2n) is 3.57. The van der Waals surface area contributed by atoms with Crippen molar-refractivity contribution in [3.05, 3.63) is 52.1 Å². The van der Waals surface area contributed by atoms with Crippen LogP contribution < -0.4 is 5.32 Å². The van der Waals surface area contributed by atoms with Crippen LogP contribution in [0.3, 0.4) is 0 Å². The lowest BCUT2D eigenvalue weighted by Gasteiger charge is -2.08. The third-order valence-corrected chi connectivity index (χ3v) is 2.71. The molecule has 0 aliphatic heterocycles. The van der Waals surface area contributed by atoms with Crippen LogP contribution in [0.15, 0.2) is 34.9 Å². The van der Waals surface area contributed by atoms with Gasteiger partial charge in [-0.05, 0) is 46.6 Å². The summed E-state index contributed by atoms with van der Waals surface area (Å²) in [5, 5.41) is 2.72. The summed E-state index contributed by atoms with van der Waals surface area (Å²) in [6, 6.07) is 5.70. The van der Waals surface area contributed by atoms with Gasteiger partial charge in [-0.1, -0.05) is 0 Å². The molecule has 0 bridgehead atoms. The summed E-state index contributed by atoms with van der Waals surface area (Å²) in [5.41, 5.74) is 0.347. The first kappa shape index (κ1) is 12.0. The standard InChI is InChI=1S/C12H9BrF2N2/c1-7-4-10(15)11(5-9(7)14)17-12-3-2-8(13)6-16-12/h2-6H,1H3,(H,16,17). The zero-order chi connectivity index (χ0) is 12.4. The van der Waals surface area contributed by atoms with Gasteiger partial charge in [0.15, 0.2) is 0 Å². The summed E-state index contributed by atoms with van der Waals surface area (Å²) in [4.78, 5) is 4.02. The predicted octanol–water partition coefficient (Wildman–Crippen LogP) is 4.17. The Labute approximate surface area is 106 Å². The van der Waals surface area contributed by atoms with E-state index in [1.165, 1.54) is 6.92 Å². The molecule has 2 nitrogen and oxygen atoms in total. The van der Waals surface area contributed by atoms with Gasteiger partial charge in [-0.3, -0.25) is 0 Å². The molecule has 2 rings (SSSR count). The van der Waals surface area contributed by atoms with E-state index < -0.39 is 11.6 Å². The highest BCUT2D eigenvalue weighted by Gasteiger charge is 2.07. The van der Waals surface area contributed by atoms with Crippen molar-refractivity contribution < 1.29 is 8.78 Å². The van der Waals surface area contributed by atoms with Gasteiger partial charge in [0, 0.05) is 16.7 Å². The molecule has 5 heteroatoms. The maximum absolute atomic E-state index is 13.5. The smallest absolute Gasteiger partial charge is 0.147 e. The molecule has 2 aromatic rings. The second-order valence-corrected chi connectivity index (χ2v) is 4.48. The highest BCUT2D eigenvalue weighted by Crippen LogP contribution is 2.22. The topological polar surface area (TPSA) is 24.9 Å². The lowest BCUT2D eigenvalue weighted by molar-refractivity contribution is 0.595. The van der Waals surface area contributed by atoms with Gasteiger partial charge < -0.3 is 5.32 Å². The van der Waals surface area contributed by atoms with E-state index in [9.17, 15) is 8.78 Å². The summed E-state index contributed by atoms with van der Waals surface area (Å²) in [5.74, 6) is -0.505. The van der Waals surface area contributed by atoms with Crippen LogP contribution in [0.4, 0.5) is 20.3 Å². The number of halogens is 3. The monoisotopic (exact) mass is 298 g/mol. The number of benzene rings is 1. The quantitative estimate of drug-likeness (QED) is 0.900. The summed E-state index contributed by atoms with van der Waals surface area (Å²) in [6.45, 7) is 1.51. The third-order valence-electron chi connectivity index (χ3n) is 2.24. The van der Waals surface area contributed by atoms with Crippen molar-refractivity contribution in [2.45, 2.75) is 6.92 Å². The molecule has 1 N–H and O–H groups in total. The molecule has 1 aromatic heterocycles. The van der Waals surface area contributed by atoms with E-state index in [1.54, 1.807) is 18.3 Å². The highest BCUT2D eigenvalue weighted by molar-refractivity contribution is 9.10. The molecule has 0 unspecified atom stereocenters. The maximum atomic E-state index is 13.5. The second kappa shape index (κ2) is 4.79. The SMILES string of the molecule is Cc1cc(F)c(Nc2ccc(Br)cn2)cc1F. The van der Waals surface area contributed by atoms with E-state index in [0.29, 0.717) is 5.82 Å². The van der Waals surface area contributed by atoms with Crippen LogP contribution >= 0.6 is 15.9 Å². The number of rotatable bonds is 2. The summed E-state index contributed by atoms with van der Waals surface area (Å²) >= 11 is 3.24. The zero-order valence-corrected chi connectivity index (χ0v) is 10.6. The molecule has 88 valence electrons. The zero-order valence-electron chi connectivity index (χ0n) is 8.97. The molecule has 0 saturated heterocycles. The number of hydrogen-bond donors (Lipinski definition) is 1. The van der Waals surface area contributed by atoms with Crippen LogP contribution in [-0.4, -0.2) is 4.98 Å². The van der Waals surface area contributed by atoms with E-state index in [-0.39, 0.29) is 11.3 Å². The van der Waals surface area contributed by atoms with Gasteiger partial charge in [-0.25, -0.2) is 13.8 Å². The van der Waals surface area contributed by atoms with Crippen LogP contribution in [0.5, 0.6) is 0 Å². The highest BCUT2D eigenvalue weighted by atomic mass is 79.9. The molecule has 0 fully saturated rings. The Hall–Kier alpha value is -1.49. The van der Waals surface area contributed by atoms with E-state index in [1.807, 2.05) is 0 Å². The van der Waals surface area contributed by atoms with Gasteiger partial charge in [-0.15, -0.1) is 0 Å². The van der Waals surface area contributed by atoms with Crippen molar-refractivity contribution in [1.29, 1.82) is 0 Å². The van der Waals surface area contributed by atoms with Gasteiger partial charge in [0.05, 0.1) is 5.69 Å². The number of anilines is 2. The number of pyridine rings is 1. The molecule has 0 saturated carbocycles. The van der Waals surface area contributed by atoms with Crippen molar-refractivity contribution in [2.75, 3.05) is 5.32 Å². The minimum atomic E-state index is -0.506. The van der Waals surface area contributed by atoms with Gasteiger partial charge in [0.1, 0.15) is 17.5 Å². The maximum Gasteiger partial charge on any atom is 0.147 e. The molecule has 0 aliphatic rings. The lowest BCUT2D eigenvalue weighted by Crippen LogP contribution is -1.98. The first-order valence-corrected chi connectivity index (χ1v) is 5.70. The fraction of sp³-hybridized carbons (Fsp3) is 0.0833. The number of hydrogen-bond acceptors (Lipinski definition) is 2. The first-order chi connectivity index (χ1) is 8.06. The van der Waals surface area contributed by atoms with Crippen LogP contribution in [0.25, 0.3) is 0 Å². The summed E-state index contributed by atoms with van der Waals surface area (Å²) in [7, 11) is 0. The van der Waals surface area contributed by atoms with E-state index >= 15 is 0 Å². The van der Waals surface area contributed by atoms with Crippen molar-refractivity contribution in [1.82, 2.24) is 4.98 Å². The number of aromatic nitrogens is 1. The molecule has 0 spiro atoms. The van der Waals surface area contributed by atoms with Crippen molar-refractivity contribution in [2.24, 2.45) is 0 Å². The molecular weight excluding hydrogens is 290 g/mol. The normalized spacial score (nSPS) is 10.4. The Morgan fingerprint density at radius 2 is 1.94 bits per heavy atom. The molecule has 0 radical (unpaired) electrons. The minimum absolute atomic E-state index is 0.0722. The molecule has 1 aromatic carbocycles. The average Bonchev–Trinajstić information content (AvgIpc) is 2.29. The summed E-state index contributed by atoms with van der Waals surface area (Å²) in [6.07, 6.45) is 1.57. The molecule has 0 aliphatic carbocycles.